The normalized spacial score (nSPS) is 24.0. The number of carbonyl (C=O) groups excluding carboxylic acids is 1. The summed E-state index contributed by atoms with van der Waals surface area (Å²) in [5.74, 6) is 0.337. The third kappa shape index (κ3) is 4.60. The lowest BCUT2D eigenvalue weighted by atomic mass is 9.81. The zero-order chi connectivity index (χ0) is 17.9. The van der Waals surface area contributed by atoms with E-state index in [2.05, 4.69) is 56.0 Å². The van der Waals surface area contributed by atoms with Gasteiger partial charge in [-0.3, -0.25) is 9.69 Å². The van der Waals surface area contributed by atoms with Gasteiger partial charge in [0, 0.05) is 12.1 Å². The van der Waals surface area contributed by atoms with E-state index in [0.717, 1.165) is 19.4 Å². The molecule has 134 valence electrons. The molecule has 1 saturated heterocycles. The number of hydrogen-bond acceptors (Lipinski definition) is 3. The van der Waals surface area contributed by atoms with Gasteiger partial charge in [0.1, 0.15) is 5.60 Å². The minimum atomic E-state index is -0.425. The molecule has 1 aromatic carbocycles. The maximum Gasteiger partial charge on any atom is 0.311 e. The second-order valence-electron chi connectivity index (χ2n) is 8.34. The minimum Gasteiger partial charge on any atom is -0.460 e. The number of hydrogen-bond donors (Lipinski definition) is 0. The second-order valence-corrected chi connectivity index (χ2v) is 8.34. The quantitative estimate of drug-likeness (QED) is 0.740. The van der Waals surface area contributed by atoms with E-state index in [-0.39, 0.29) is 17.9 Å². The zero-order valence-electron chi connectivity index (χ0n) is 16.1. The fourth-order valence-corrected chi connectivity index (χ4v) is 3.90. The molecule has 0 aromatic heterocycles. The van der Waals surface area contributed by atoms with Crippen molar-refractivity contribution in [3.05, 3.63) is 35.9 Å². The molecule has 0 spiro atoms. The predicted octanol–water partition coefficient (Wildman–Crippen LogP) is 4.83. The van der Waals surface area contributed by atoms with Crippen molar-refractivity contribution < 1.29 is 9.53 Å². The van der Waals surface area contributed by atoms with Crippen LogP contribution in [-0.2, 0) is 9.53 Å². The molecule has 0 saturated carbocycles. The first-order valence-corrected chi connectivity index (χ1v) is 9.24. The second kappa shape index (κ2) is 7.69. The molecular weight excluding hydrogens is 298 g/mol. The number of rotatable bonds is 4. The van der Waals surface area contributed by atoms with Crippen LogP contribution in [-0.4, -0.2) is 29.1 Å². The number of benzene rings is 1. The predicted molar refractivity (Wildman–Crippen MR) is 98.8 cm³/mol. The molecule has 1 aromatic rings. The molecular formula is C21H33NO2. The first-order valence-electron chi connectivity index (χ1n) is 9.24. The Morgan fingerprint density at radius 2 is 1.79 bits per heavy atom. The molecule has 0 aliphatic carbocycles. The van der Waals surface area contributed by atoms with Gasteiger partial charge in [-0.1, -0.05) is 44.2 Å². The monoisotopic (exact) mass is 331 g/mol. The van der Waals surface area contributed by atoms with Crippen LogP contribution in [0.25, 0.3) is 0 Å². The summed E-state index contributed by atoms with van der Waals surface area (Å²) in [6.07, 6.45) is 1.97. The third-order valence-electron chi connectivity index (χ3n) is 4.90. The standard InChI is InChI=1S/C21H33NO2/c1-15(2)19-18(20(23)24-21(4,5)6)13-10-14-22(19)16(3)17-11-8-7-9-12-17/h7-9,11-12,15-16,18-19H,10,13-14H2,1-6H3/t16-,18+,19-/m1/s1. The number of likely N-dealkylation sites (tertiary alicyclic amines) is 1. The molecule has 1 aliphatic rings. The van der Waals surface area contributed by atoms with Gasteiger partial charge in [-0.05, 0) is 58.6 Å². The SMILES string of the molecule is CC(C)[C@@H]1[C@@H](C(=O)OC(C)(C)C)CCCN1[C@H](C)c1ccccc1. The number of nitrogens with zero attached hydrogens (tertiary/aromatic N) is 1. The molecule has 0 bridgehead atoms. The smallest absolute Gasteiger partial charge is 0.311 e. The third-order valence-corrected chi connectivity index (χ3v) is 4.90. The van der Waals surface area contributed by atoms with E-state index in [4.69, 9.17) is 4.74 Å². The molecule has 0 radical (unpaired) electrons. The topological polar surface area (TPSA) is 29.5 Å². The fourth-order valence-electron chi connectivity index (χ4n) is 3.90. The number of ether oxygens (including phenoxy) is 1. The van der Waals surface area contributed by atoms with Crippen molar-refractivity contribution in [1.82, 2.24) is 4.90 Å². The van der Waals surface area contributed by atoms with Crippen LogP contribution in [0, 0.1) is 11.8 Å². The summed E-state index contributed by atoms with van der Waals surface area (Å²) in [6, 6.07) is 11.1. The average molecular weight is 332 g/mol. The largest absolute Gasteiger partial charge is 0.460 e. The van der Waals surface area contributed by atoms with Crippen molar-refractivity contribution >= 4 is 5.97 Å². The molecule has 0 unspecified atom stereocenters. The zero-order valence-corrected chi connectivity index (χ0v) is 16.1. The summed E-state index contributed by atoms with van der Waals surface area (Å²) in [7, 11) is 0. The highest BCUT2D eigenvalue weighted by Crippen LogP contribution is 2.36. The van der Waals surface area contributed by atoms with E-state index in [1.54, 1.807) is 0 Å². The van der Waals surface area contributed by atoms with E-state index in [0.29, 0.717) is 12.0 Å². The Hall–Kier alpha value is -1.35. The molecule has 3 heteroatoms. The van der Waals surface area contributed by atoms with Crippen LogP contribution in [0.15, 0.2) is 30.3 Å². The Morgan fingerprint density at radius 3 is 2.33 bits per heavy atom. The van der Waals surface area contributed by atoms with Gasteiger partial charge in [0.15, 0.2) is 0 Å². The number of piperidine rings is 1. The van der Waals surface area contributed by atoms with Gasteiger partial charge in [-0.2, -0.15) is 0 Å². The van der Waals surface area contributed by atoms with Gasteiger partial charge in [0.05, 0.1) is 5.92 Å². The van der Waals surface area contributed by atoms with Gasteiger partial charge >= 0.3 is 5.97 Å². The molecule has 0 N–H and O–H groups in total. The van der Waals surface area contributed by atoms with Crippen LogP contribution in [0.1, 0.15) is 66.0 Å². The van der Waals surface area contributed by atoms with E-state index < -0.39 is 5.60 Å². The van der Waals surface area contributed by atoms with Gasteiger partial charge in [-0.15, -0.1) is 0 Å². The van der Waals surface area contributed by atoms with Crippen molar-refractivity contribution in [3.63, 3.8) is 0 Å². The highest BCUT2D eigenvalue weighted by Gasteiger charge is 2.41. The molecule has 1 heterocycles. The van der Waals surface area contributed by atoms with Gasteiger partial charge in [-0.25, -0.2) is 0 Å². The average Bonchev–Trinajstić information content (AvgIpc) is 2.52. The Balaban J connectivity index is 2.23. The highest BCUT2D eigenvalue weighted by atomic mass is 16.6. The Kier molecular flexibility index (Phi) is 6.08. The van der Waals surface area contributed by atoms with Crippen LogP contribution in [0.4, 0.5) is 0 Å². The van der Waals surface area contributed by atoms with Crippen molar-refractivity contribution in [1.29, 1.82) is 0 Å². The van der Waals surface area contributed by atoms with E-state index in [1.165, 1.54) is 5.56 Å². The molecule has 24 heavy (non-hydrogen) atoms. The maximum absolute atomic E-state index is 12.8. The lowest BCUT2D eigenvalue weighted by Gasteiger charge is -2.46. The number of carbonyl (C=O) groups is 1. The summed E-state index contributed by atoms with van der Waals surface area (Å²) < 4.78 is 5.73. The van der Waals surface area contributed by atoms with Gasteiger partial charge in [0.25, 0.3) is 0 Å². The van der Waals surface area contributed by atoms with Crippen molar-refractivity contribution in [2.24, 2.45) is 11.8 Å². The Labute approximate surface area is 147 Å². The van der Waals surface area contributed by atoms with Gasteiger partial charge in [0.2, 0.25) is 0 Å². The van der Waals surface area contributed by atoms with Crippen molar-refractivity contribution in [2.75, 3.05) is 6.54 Å². The summed E-state index contributed by atoms with van der Waals surface area (Å²) in [5.41, 5.74) is 0.888. The van der Waals surface area contributed by atoms with E-state index in [9.17, 15) is 4.79 Å². The van der Waals surface area contributed by atoms with Crippen LogP contribution in [0.5, 0.6) is 0 Å². The molecule has 3 atom stereocenters. The molecule has 1 fully saturated rings. The van der Waals surface area contributed by atoms with Gasteiger partial charge < -0.3 is 4.74 Å². The van der Waals surface area contributed by atoms with E-state index in [1.807, 2.05) is 20.8 Å². The summed E-state index contributed by atoms with van der Waals surface area (Å²) in [4.78, 5) is 15.3. The van der Waals surface area contributed by atoms with Crippen LogP contribution < -0.4 is 0 Å². The van der Waals surface area contributed by atoms with Crippen LogP contribution >= 0.6 is 0 Å². The fraction of sp³-hybridized carbons (Fsp3) is 0.667. The Bertz CT molecular complexity index is 533. The number of esters is 1. The van der Waals surface area contributed by atoms with Crippen LogP contribution in [0.3, 0.4) is 0 Å². The molecule has 2 rings (SSSR count). The highest BCUT2D eigenvalue weighted by molar-refractivity contribution is 5.74. The summed E-state index contributed by atoms with van der Waals surface area (Å²) in [5, 5.41) is 0. The molecule has 0 amide bonds. The van der Waals surface area contributed by atoms with Crippen molar-refractivity contribution in [2.45, 2.75) is 72.1 Å². The van der Waals surface area contributed by atoms with Crippen molar-refractivity contribution in [3.8, 4) is 0 Å². The van der Waals surface area contributed by atoms with E-state index >= 15 is 0 Å². The summed E-state index contributed by atoms with van der Waals surface area (Å²) >= 11 is 0. The molecule has 3 nitrogen and oxygen atoms in total. The lowest BCUT2D eigenvalue weighted by molar-refractivity contribution is -0.166. The first-order chi connectivity index (χ1) is 11.2. The molecule has 1 aliphatic heterocycles. The maximum atomic E-state index is 12.8. The lowest BCUT2D eigenvalue weighted by Crippen LogP contribution is -2.52. The van der Waals surface area contributed by atoms with Crippen LogP contribution in [0.2, 0.25) is 0 Å². The first kappa shape index (κ1) is 19.0. The minimum absolute atomic E-state index is 0.0360. The Morgan fingerprint density at radius 1 is 1.17 bits per heavy atom. The summed E-state index contributed by atoms with van der Waals surface area (Å²) in [6.45, 7) is 13.6.